The Balaban J connectivity index is 1.51. The van der Waals surface area contributed by atoms with Crippen molar-refractivity contribution in [2.75, 3.05) is 32.1 Å². The van der Waals surface area contributed by atoms with Gasteiger partial charge in [-0.2, -0.15) is 0 Å². The zero-order valence-corrected chi connectivity index (χ0v) is 17.1. The molecule has 4 rings (SSSR count). The molecule has 0 radical (unpaired) electrons. The van der Waals surface area contributed by atoms with Gasteiger partial charge >= 0.3 is 0 Å². The number of nitrogens with one attached hydrogen (secondary N) is 2. The van der Waals surface area contributed by atoms with E-state index in [9.17, 15) is 18.4 Å². The predicted molar refractivity (Wildman–Crippen MR) is 113 cm³/mol. The number of likely N-dealkylation sites (tertiary alicyclic amines) is 1. The number of hydrogen-bond acceptors (Lipinski definition) is 3. The summed E-state index contributed by atoms with van der Waals surface area (Å²) >= 11 is 0. The number of aromatic nitrogens is 1. The minimum Gasteiger partial charge on any atom is -0.375 e. The molecule has 0 saturated carbocycles. The van der Waals surface area contributed by atoms with E-state index in [1.54, 1.807) is 6.07 Å². The van der Waals surface area contributed by atoms with E-state index in [4.69, 9.17) is 4.74 Å². The molecule has 2 N–H and O–H groups in total. The van der Waals surface area contributed by atoms with Crippen LogP contribution in [-0.4, -0.2) is 48.5 Å². The molecular weight excluding hydrogens is 404 g/mol. The lowest BCUT2D eigenvalue weighted by atomic mass is 9.90. The maximum absolute atomic E-state index is 13.4. The SMILES string of the molecule is COCC(=O)N1CCCC(c2ccc3[nH]c(C(=O)Nc4cc(F)cc(F)c4)cc3c2)C1. The first-order valence-electron chi connectivity index (χ1n) is 10.1. The summed E-state index contributed by atoms with van der Waals surface area (Å²) in [5, 5.41) is 3.36. The van der Waals surface area contributed by atoms with E-state index in [0.29, 0.717) is 6.54 Å². The standard InChI is InChI=1S/C23H23F2N3O3/c1-31-13-22(29)28-6-2-3-15(12-28)14-4-5-20-16(7-14)8-21(27-20)23(30)26-19-10-17(24)9-18(25)11-19/h4-5,7-11,15,27H,2-3,6,12-13H2,1H3,(H,26,30). The van der Waals surface area contributed by atoms with E-state index < -0.39 is 17.5 Å². The van der Waals surface area contributed by atoms with E-state index >= 15 is 0 Å². The van der Waals surface area contributed by atoms with Crippen molar-refractivity contribution < 1.29 is 23.1 Å². The van der Waals surface area contributed by atoms with Gasteiger partial charge in [0, 0.05) is 48.8 Å². The molecule has 1 aromatic heterocycles. The summed E-state index contributed by atoms with van der Waals surface area (Å²) in [5.74, 6) is -1.81. The fourth-order valence-electron chi connectivity index (χ4n) is 4.04. The van der Waals surface area contributed by atoms with Crippen LogP contribution in [-0.2, 0) is 9.53 Å². The van der Waals surface area contributed by atoms with E-state index in [0.717, 1.165) is 54.1 Å². The molecule has 6 nitrogen and oxygen atoms in total. The second-order valence-corrected chi connectivity index (χ2v) is 7.75. The molecule has 2 amide bonds. The molecule has 1 unspecified atom stereocenters. The molecule has 1 aliphatic rings. The molecule has 1 saturated heterocycles. The Morgan fingerprint density at radius 3 is 2.68 bits per heavy atom. The fraction of sp³-hybridized carbons (Fsp3) is 0.304. The van der Waals surface area contributed by atoms with E-state index in [1.165, 1.54) is 7.11 Å². The molecule has 1 atom stereocenters. The first-order valence-corrected chi connectivity index (χ1v) is 10.1. The third kappa shape index (κ3) is 4.74. The van der Waals surface area contributed by atoms with Crippen LogP contribution in [0.15, 0.2) is 42.5 Å². The number of benzene rings is 2. The highest BCUT2D eigenvalue weighted by Crippen LogP contribution is 2.30. The zero-order chi connectivity index (χ0) is 22.0. The normalized spacial score (nSPS) is 16.5. The number of hydrogen-bond donors (Lipinski definition) is 2. The van der Waals surface area contributed by atoms with Crippen LogP contribution in [0, 0.1) is 11.6 Å². The summed E-state index contributed by atoms with van der Waals surface area (Å²) < 4.78 is 31.7. The Morgan fingerprint density at radius 1 is 1.16 bits per heavy atom. The topological polar surface area (TPSA) is 74.4 Å². The molecule has 2 aromatic carbocycles. The van der Waals surface area contributed by atoms with Crippen LogP contribution in [0.25, 0.3) is 10.9 Å². The summed E-state index contributed by atoms with van der Waals surface area (Å²) in [6.07, 6.45) is 1.90. The van der Waals surface area contributed by atoms with Crippen molar-refractivity contribution >= 4 is 28.4 Å². The van der Waals surface area contributed by atoms with Crippen molar-refractivity contribution in [2.45, 2.75) is 18.8 Å². The number of fused-ring (bicyclic) bond motifs is 1. The monoisotopic (exact) mass is 427 g/mol. The number of carbonyl (C=O) groups excluding carboxylic acids is 2. The molecule has 31 heavy (non-hydrogen) atoms. The second kappa shape index (κ2) is 8.85. The molecule has 8 heteroatoms. The predicted octanol–water partition coefficient (Wildman–Crippen LogP) is 4.05. The van der Waals surface area contributed by atoms with Gasteiger partial charge in [-0.05, 0) is 48.7 Å². The molecule has 1 fully saturated rings. The largest absolute Gasteiger partial charge is 0.375 e. The maximum Gasteiger partial charge on any atom is 0.272 e. The number of ether oxygens (including phenoxy) is 1. The second-order valence-electron chi connectivity index (χ2n) is 7.75. The summed E-state index contributed by atoms with van der Waals surface area (Å²) in [5.41, 5.74) is 2.21. The van der Waals surface area contributed by atoms with Crippen LogP contribution in [0.2, 0.25) is 0 Å². The summed E-state index contributed by atoms with van der Waals surface area (Å²) in [4.78, 5) is 29.6. The smallest absolute Gasteiger partial charge is 0.272 e. The molecule has 162 valence electrons. The summed E-state index contributed by atoms with van der Waals surface area (Å²) in [6, 6.07) is 10.5. The van der Waals surface area contributed by atoms with Gasteiger partial charge in [-0.25, -0.2) is 8.78 Å². The van der Waals surface area contributed by atoms with Gasteiger partial charge in [0.2, 0.25) is 5.91 Å². The van der Waals surface area contributed by atoms with Crippen molar-refractivity contribution in [2.24, 2.45) is 0 Å². The lowest BCUT2D eigenvalue weighted by Gasteiger charge is -2.33. The van der Waals surface area contributed by atoms with Crippen LogP contribution in [0.4, 0.5) is 14.5 Å². The van der Waals surface area contributed by atoms with Crippen molar-refractivity contribution in [1.82, 2.24) is 9.88 Å². The van der Waals surface area contributed by atoms with Crippen LogP contribution < -0.4 is 5.32 Å². The molecule has 0 bridgehead atoms. The first-order chi connectivity index (χ1) is 14.9. The fourth-order valence-corrected chi connectivity index (χ4v) is 4.04. The maximum atomic E-state index is 13.4. The van der Waals surface area contributed by atoms with Crippen molar-refractivity contribution in [1.29, 1.82) is 0 Å². The van der Waals surface area contributed by atoms with Crippen molar-refractivity contribution in [3.8, 4) is 0 Å². The number of piperidine rings is 1. The molecular formula is C23H23F2N3O3. The molecule has 3 aromatic rings. The van der Waals surface area contributed by atoms with Gasteiger partial charge < -0.3 is 19.9 Å². The zero-order valence-electron chi connectivity index (χ0n) is 17.1. The molecule has 0 spiro atoms. The van der Waals surface area contributed by atoms with E-state index in [1.807, 2.05) is 23.1 Å². The molecule has 0 aliphatic carbocycles. The van der Waals surface area contributed by atoms with E-state index in [2.05, 4.69) is 10.3 Å². The minimum atomic E-state index is -0.762. The number of amides is 2. The van der Waals surface area contributed by atoms with Crippen LogP contribution in [0.1, 0.15) is 34.8 Å². The highest BCUT2D eigenvalue weighted by Gasteiger charge is 2.25. The number of methoxy groups -OCH3 is 1. The van der Waals surface area contributed by atoms with Gasteiger partial charge in [0.1, 0.15) is 23.9 Å². The van der Waals surface area contributed by atoms with Crippen molar-refractivity contribution in [3.63, 3.8) is 0 Å². The van der Waals surface area contributed by atoms with Gasteiger partial charge in [-0.3, -0.25) is 9.59 Å². The first kappa shape index (κ1) is 21.0. The lowest BCUT2D eigenvalue weighted by Crippen LogP contribution is -2.40. The highest BCUT2D eigenvalue weighted by molar-refractivity contribution is 6.06. The third-order valence-electron chi connectivity index (χ3n) is 5.52. The minimum absolute atomic E-state index is 0.0114. The quantitative estimate of drug-likeness (QED) is 0.645. The Labute approximate surface area is 178 Å². The van der Waals surface area contributed by atoms with Crippen molar-refractivity contribution in [3.05, 3.63) is 65.4 Å². The summed E-state index contributed by atoms with van der Waals surface area (Å²) in [7, 11) is 1.51. The van der Waals surface area contributed by atoms with Crippen LogP contribution >= 0.6 is 0 Å². The Kier molecular flexibility index (Phi) is 5.99. The Morgan fingerprint density at radius 2 is 1.94 bits per heavy atom. The van der Waals surface area contributed by atoms with Gasteiger partial charge in [0.25, 0.3) is 5.91 Å². The van der Waals surface area contributed by atoms with Crippen LogP contribution in [0.5, 0.6) is 0 Å². The molecule has 1 aliphatic heterocycles. The van der Waals surface area contributed by atoms with Crippen LogP contribution in [0.3, 0.4) is 0 Å². The van der Waals surface area contributed by atoms with Gasteiger partial charge in [-0.15, -0.1) is 0 Å². The third-order valence-corrected chi connectivity index (χ3v) is 5.52. The lowest BCUT2D eigenvalue weighted by molar-refractivity contribution is -0.136. The number of H-pyrrole nitrogens is 1. The number of anilines is 1. The number of halogens is 2. The number of aromatic amines is 1. The number of rotatable bonds is 5. The van der Waals surface area contributed by atoms with E-state index in [-0.39, 0.29) is 29.8 Å². The van der Waals surface area contributed by atoms with Gasteiger partial charge in [0.05, 0.1) is 0 Å². The average Bonchev–Trinajstić information content (AvgIpc) is 3.17. The summed E-state index contributed by atoms with van der Waals surface area (Å²) in [6.45, 7) is 1.45. The highest BCUT2D eigenvalue weighted by atomic mass is 19.1. The van der Waals surface area contributed by atoms with Gasteiger partial charge in [-0.1, -0.05) is 6.07 Å². The molecule has 2 heterocycles. The van der Waals surface area contributed by atoms with Gasteiger partial charge in [0.15, 0.2) is 0 Å². The number of nitrogens with zero attached hydrogens (tertiary/aromatic N) is 1. The Hall–Kier alpha value is -3.26. The average molecular weight is 427 g/mol. The number of carbonyl (C=O) groups is 2. The Bertz CT molecular complexity index is 1110.